The summed E-state index contributed by atoms with van der Waals surface area (Å²) in [5.41, 5.74) is 3.74. The van der Waals surface area contributed by atoms with E-state index in [1.165, 1.54) is 0 Å². The van der Waals surface area contributed by atoms with Crippen LogP contribution in [-0.4, -0.2) is 40.4 Å². The van der Waals surface area contributed by atoms with Crippen LogP contribution in [0.1, 0.15) is 34.5 Å². The van der Waals surface area contributed by atoms with Crippen molar-refractivity contribution in [1.29, 1.82) is 0 Å². The van der Waals surface area contributed by atoms with Crippen LogP contribution < -0.4 is 0 Å². The number of carbonyl (C=O) groups excluding carboxylic acids is 1. The summed E-state index contributed by atoms with van der Waals surface area (Å²) in [4.78, 5) is 19.5. The van der Waals surface area contributed by atoms with Crippen LogP contribution in [0.15, 0.2) is 24.3 Å². The van der Waals surface area contributed by atoms with E-state index in [1.54, 1.807) is 0 Å². The SMILES string of the molecule is Cc1ccc2nc(C)cc(C(=O)N(C)C3CCSCC3)c2c1. The minimum Gasteiger partial charge on any atom is -0.339 e. The normalized spacial score (nSPS) is 16.0. The smallest absolute Gasteiger partial charge is 0.254 e. The van der Waals surface area contributed by atoms with Crippen LogP contribution >= 0.6 is 11.8 Å². The number of hydrogen-bond acceptors (Lipinski definition) is 3. The minimum absolute atomic E-state index is 0.123. The third-order valence-electron chi connectivity index (χ3n) is 4.38. The number of carbonyl (C=O) groups is 1. The minimum atomic E-state index is 0.123. The fourth-order valence-corrected chi connectivity index (χ4v) is 4.16. The first-order chi connectivity index (χ1) is 10.6. The van der Waals surface area contributed by atoms with Gasteiger partial charge in [-0.15, -0.1) is 0 Å². The average Bonchev–Trinajstić information content (AvgIpc) is 2.54. The Morgan fingerprint density at radius 1 is 1.23 bits per heavy atom. The van der Waals surface area contributed by atoms with Crippen molar-refractivity contribution in [3.63, 3.8) is 0 Å². The van der Waals surface area contributed by atoms with Crippen LogP contribution in [0.25, 0.3) is 10.9 Å². The molecule has 0 bridgehead atoms. The summed E-state index contributed by atoms with van der Waals surface area (Å²) < 4.78 is 0. The molecular formula is C18H22N2OS. The van der Waals surface area contributed by atoms with Crippen molar-refractivity contribution in [3.05, 3.63) is 41.1 Å². The summed E-state index contributed by atoms with van der Waals surface area (Å²) >= 11 is 1.98. The summed E-state index contributed by atoms with van der Waals surface area (Å²) in [5.74, 6) is 2.42. The van der Waals surface area contributed by atoms with Crippen molar-refractivity contribution >= 4 is 28.6 Å². The Kier molecular flexibility index (Phi) is 4.39. The fourth-order valence-electron chi connectivity index (χ4n) is 3.08. The third-order valence-corrected chi connectivity index (χ3v) is 5.43. The Balaban J connectivity index is 2.00. The van der Waals surface area contributed by atoms with Gasteiger partial charge in [-0.1, -0.05) is 11.6 Å². The van der Waals surface area contributed by atoms with Crippen LogP contribution in [0.2, 0.25) is 0 Å². The van der Waals surface area contributed by atoms with Gasteiger partial charge < -0.3 is 4.90 Å². The Morgan fingerprint density at radius 2 is 1.95 bits per heavy atom. The molecule has 0 radical (unpaired) electrons. The van der Waals surface area contributed by atoms with Gasteiger partial charge in [0.15, 0.2) is 0 Å². The molecule has 0 saturated carbocycles. The van der Waals surface area contributed by atoms with Gasteiger partial charge in [-0.05, 0) is 56.4 Å². The highest BCUT2D eigenvalue weighted by molar-refractivity contribution is 7.99. The van der Waals surface area contributed by atoms with E-state index in [4.69, 9.17) is 0 Å². The van der Waals surface area contributed by atoms with Crippen LogP contribution in [0.4, 0.5) is 0 Å². The maximum absolute atomic E-state index is 13.0. The average molecular weight is 314 g/mol. The summed E-state index contributed by atoms with van der Waals surface area (Å²) in [6, 6.07) is 8.41. The van der Waals surface area contributed by atoms with Crippen LogP contribution in [0.5, 0.6) is 0 Å². The number of aryl methyl sites for hydroxylation is 2. The standard InChI is InChI=1S/C18H22N2OS/c1-12-4-5-17-15(10-12)16(11-13(2)19-17)18(21)20(3)14-6-8-22-9-7-14/h4-5,10-11,14H,6-9H2,1-3H3. The van der Waals surface area contributed by atoms with Crippen molar-refractivity contribution in [2.24, 2.45) is 0 Å². The van der Waals surface area contributed by atoms with Gasteiger partial charge in [-0.2, -0.15) is 11.8 Å². The zero-order valence-electron chi connectivity index (χ0n) is 13.4. The molecule has 0 spiro atoms. The quantitative estimate of drug-likeness (QED) is 0.845. The van der Waals surface area contributed by atoms with Crippen molar-refractivity contribution in [3.8, 4) is 0 Å². The number of rotatable bonds is 2. The second kappa shape index (κ2) is 6.29. The predicted molar refractivity (Wildman–Crippen MR) is 93.7 cm³/mol. The zero-order valence-corrected chi connectivity index (χ0v) is 14.2. The molecular weight excluding hydrogens is 292 g/mol. The van der Waals surface area contributed by atoms with E-state index in [0.717, 1.165) is 52.1 Å². The van der Waals surface area contributed by atoms with E-state index in [0.29, 0.717) is 6.04 Å². The highest BCUT2D eigenvalue weighted by atomic mass is 32.2. The van der Waals surface area contributed by atoms with Crippen LogP contribution in [0.3, 0.4) is 0 Å². The van der Waals surface area contributed by atoms with E-state index in [-0.39, 0.29) is 5.91 Å². The Bertz CT molecular complexity index is 708. The van der Waals surface area contributed by atoms with Gasteiger partial charge in [0, 0.05) is 24.2 Å². The van der Waals surface area contributed by atoms with Crippen LogP contribution in [-0.2, 0) is 0 Å². The summed E-state index contributed by atoms with van der Waals surface area (Å²) in [6.07, 6.45) is 2.18. The molecule has 4 heteroatoms. The number of benzene rings is 1. The van der Waals surface area contributed by atoms with Crippen LogP contribution in [0, 0.1) is 13.8 Å². The molecule has 3 rings (SSSR count). The Labute approximate surface area is 136 Å². The Hall–Kier alpha value is -1.55. The van der Waals surface area contributed by atoms with Crippen molar-refractivity contribution in [2.75, 3.05) is 18.6 Å². The molecule has 2 aromatic rings. The number of aromatic nitrogens is 1. The largest absolute Gasteiger partial charge is 0.339 e. The molecule has 3 nitrogen and oxygen atoms in total. The van der Waals surface area contributed by atoms with E-state index in [1.807, 2.05) is 48.8 Å². The lowest BCUT2D eigenvalue weighted by atomic mass is 10.0. The number of nitrogens with zero attached hydrogens (tertiary/aromatic N) is 2. The molecule has 1 aromatic heterocycles. The molecule has 1 aliphatic rings. The molecule has 1 saturated heterocycles. The summed E-state index contributed by atoms with van der Waals surface area (Å²) in [6.45, 7) is 4.00. The third kappa shape index (κ3) is 2.98. The lowest BCUT2D eigenvalue weighted by Gasteiger charge is -2.31. The van der Waals surface area contributed by atoms with Gasteiger partial charge in [-0.25, -0.2) is 0 Å². The molecule has 1 aliphatic heterocycles. The number of hydrogen-bond donors (Lipinski definition) is 0. The number of fused-ring (bicyclic) bond motifs is 1. The second-order valence-electron chi connectivity index (χ2n) is 6.09. The van der Waals surface area contributed by atoms with Gasteiger partial charge in [0.2, 0.25) is 0 Å². The van der Waals surface area contributed by atoms with Crippen molar-refractivity contribution in [1.82, 2.24) is 9.88 Å². The van der Waals surface area contributed by atoms with Gasteiger partial charge in [0.05, 0.1) is 11.1 Å². The lowest BCUT2D eigenvalue weighted by Crippen LogP contribution is -2.39. The zero-order chi connectivity index (χ0) is 15.7. The van der Waals surface area contributed by atoms with E-state index in [2.05, 4.69) is 18.0 Å². The highest BCUT2D eigenvalue weighted by Gasteiger charge is 2.24. The molecule has 1 aromatic carbocycles. The van der Waals surface area contributed by atoms with E-state index in [9.17, 15) is 4.79 Å². The predicted octanol–water partition coefficient (Wildman–Crippen LogP) is 3.82. The summed E-state index contributed by atoms with van der Waals surface area (Å²) in [7, 11) is 1.94. The van der Waals surface area contributed by atoms with Gasteiger partial charge in [0.1, 0.15) is 0 Å². The van der Waals surface area contributed by atoms with Crippen molar-refractivity contribution < 1.29 is 4.79 Å². The number of thioether (sulfide) groups is 1. The second-order valence-corrected chi connectivity index (χ2v) is 7.32. The topological polar surface area (TPSA) is 33.2 Å². The first-order valence-electron chi connectivity index (χ1n) is 7.79. The maximum Gasteiger partial charge on any atom is 0.254 e. The van der Waals surface area contributed by atoms with Gasteiger partial charge in [-0.3, -0.25) is 9.78 Å². The number of pyridine rings is 1. The van der Waals surface area contributed by atoms with E-state index < -0.39 is 0 Å². The maximum atomic E-state index is 13.0. The molecule has 1 amide bonds. The molecule has 2 heterocycles. The molecule has 1 fully saturated rings. The highest BCUT2D eigenvalue weighted by Crippen LogP contribution is 2.25. The molecule has 116 valence electrons. The number of amides is 1. The van der Waals surface area contributed by atoms with Crippen molar-refractivity contribution in [2.45, 2.75) is 32.7 Å². The monoisotopic (exact) mass is 314 g/mol. The lowest BCUT2D eigenvalue weighted by molar-refractivity contribution is 0.0725. The molecule has 0 atom stereocenters. The first-order valence-corrected chi connectivity index (χ1v) is 8.94. The molecule has 22 heavy (non-hydrogen) atoms. The Morgan fingerprint density at radius 3 is 2.68 bits per heavy atom. The summed E-state index contributed by atoms with van der Waals surface area (Å²) in [5, 5.41) is 0.965. The molecule has 0 unspecified atom stereocenters. The van der Waals surface area contributed by atoms with E-state index >= 15 is 0 Å². The molecule has 0 aliphatic carbocycles. The fraction of sp³-hybridized carbons (Fsp3) is 0.444. The van der Waals surface area contributed by atoms with Gasteiger partial charge >= 0.3 is 0 Å². The first kappa shape index (κ1) is 15.3. The van der Waals surface area contributed by atoms with Gasteiger partial charge in [0.25, 0.3) is 5.91 Å². The molecule has 0 N–H and O–H groups in total.